The highest BCUT2D eigenvalue weighted by Crippen LogP contribution is 2.26. The summed E-state index contributed by atoms with van der Waals surface area (Å²) in [5.41, 5.74) is 7.47. The number of nitrogen functional groups attached to an aromatic ring is 1. The van der Waals surface area contributed by atoms with Gasteiger partial charge in [0.2, 0.25) is 0 Å². The molecule has 0 saturated carbocycles. The molecule has 21 heavy (non-hydrogen) atoms. The van der Waals surface area contributed by atoms with Gasteiger partial charge in [-0.05, 0) is 30.3 Å². The quantitative estimate of drug-likeness (QED) is 0.679. The van der Waals surface area contributed by atoms with Crippen molar-refractivity contribution in [2.24, 2.45) is 0 Å². The number of hydrogen-bond donors (Lipinski definition) is 1. The molecule has 0 bridgehead atoms. The summed E-state index contributed by atoms with van der Waals surface area (Å²) in [5, 5.41) is 0.557. The zero-order valence-corrected chi connectivity index (χ0v) is 12.6. The molecule has 5 heteroatoms. The van der Waals surface area contributed by atoms with E-state index in [9.17, 15) is 4.79 Å². The molecule has 0 fully saturated rings. The SMILES string of the molecule is COc1ccc(C(=O)Cc2cc(Cl)ccc2OC)c(N)c1. The summed E-state index contributed by atoms with van der Waals surface area (Å²) in [4.78, 5) is 12.4. The largest absolute Gasteiger partial charge is 0.497 e. The molecule has 4 nitrogen and oxygen atoms in total. The van der Waals surface area contributed by atoms with Gasteiger partial charge in [-0.1, -0.05) is 11.6 Å². The van der Waals surface area contributed by atoms with E-state index in [1.807, 2.05) is 0 Å². The van der Waals surface area contributed by atoms with Crippen molar-refractivity contribution < 1.29 is 14.3 Å². The van der Waals surface area contributed by atoms with E-state index in [1.54, 1.807) is 50.6 Å². The van der Waals surface area contributed by atoms with Crippen LogP contribution in [0.1, 0.15) is 15.9 Å². The van der Waals surface area contributed by atoms with Crippen molar-refractivity contribution in [1.82, 2.24) is 0 Å². The number of nitrogens with two attached hydrogens (primary N) is 1. The van der Waals surface area contributed by atoms with Gasteiger partial charge in [0, 0.05) is 34.3 Å². The average Bonchev–Trinajstić information content (AvgIpc) is 2.47. The van der Waals surface area contributed by atoms with Crippen LogP contribution in [-0.4, -0.2) is 20.0 Å². The standard InChI is InChI=1S/C16H16ClNO3/c1-20-12-4-5-13(14(18)9-12)15(19)8-10-7-11(17)3-6-16(10)21-2/h3-7,9H,8,18H2,1-2H3. The Morgan fingerprint density at radius 3 is 2.52 bits per heavy atom. The lowest BCUT2D eigenvalue weighted by Gasteiger charge is -2.10. The maximum atomic E-state index is 12.4. The van der Waals surface area contributed by atoms with E-state index in [-0.39, 0.29) is 12.2 Å². The Labute approximate surface area is 128 Å². The van der Waals surface area contributed by atoms with E-state index in [4.69, 9.17) is 26.8 Å². The van der Waals surface area contributed by atoms with Crippen LogP contribution in [0.5, 0.6) is 11.5 Å². The van der Waals surface area contributed by atoms with Crippen molar-refractivity contribution in [1.29, 1.82) is 0 Å². The molecule has 0 heterocycles. The molecule has 2 rings (SSSR count). The number of methoxy groups -OCH3 is 2. The summed E-state index contributed by atoms with van der Waals surface area (Å²) in [6.07, 6.45) is 0.167. The second-order valence-electron chi connectivity index (χ2n) is 4.51. The van der Waals surface area contributed by atoms with Crippen molar-refractivity contribution >= 4 is 23.1 Å². The fraction of sp³-hybridized carbons (Fsp3) is 0.188. The third-order valence-electron chi connectivity index (χ3n) is 3.15. The Bertz CT molecular complexity index is 671. The first-order valence-electron chi connectivity index (χ1n) is 6.34. The van der Waals surface area contributed by atoms with E-state index in [0.717, 1.165) is 5.56 Å². The average molecular weight is 306 g/mol. The van der Waals surface area contributed by atoms with Crippen LogP contribution in [0.4, 0.5) is 5.69 Å². The molecule has 2 aromatic carbocycles. The second kappa shape index (κ2) is 6.50. The number of rotatable bonds is 5. The summed E-state index contributed by atoms with van der Waals surface area (Å²) in [7, 11) is 3.10. The third-order valence-corrected chi connectivity index (χ3v) is 3.39. The minimum absolute atomic E-state index is 0.101. The van der Waals surface area contributed by atoms with E-state index in [1.165, 1.54) is 0 Å². The van der Waals surface area contributed by atoms with Crippen LogP contribution in [0.15, 0.2) is 36.4 Å². The zero-order valence-electron chi connectivity index (χ0n) is 11.9. The minimum Gasteiger partial charge on any atom is -0.497 e. The molecule has 0 aliphatic heterocycles. The number of ether oxygens (including phenoxy) is 2. The van der Waals surface area contributed by atoms with Gasteiger partial charge in [-0.3, -0.25) is 4.79 Å². The first kappa shape index (κ1) is 15.2. The highest BCUT2D eigenvalue weighted by atomic mass is 35.5. The summed E-state index contributed by atoms with van der Waals surface area (Å²) in [6, 6.07) is 10.2. The summed E-state index contributed by atoms with van der Waals surface area (Å²) in [6.45, 7) is 0. The van der Waals surface area contributed by atoms with E-state index in [0.29, 0.717) is 27.8 Å². The van der Waals surface area contributed by atoms with Crippen LogP contribution in [0.2, 0.25) is 5.02 Å². The van der Waals surface area contributed by atoms with Crippen molar-refractivity contribution in [2.75, 3.05) is 20.0 Å². The predicted molar refractivity (Wildman–Crippen MR) is 83.4 cm³/mol. The second-order valence-corrected chi connectivity index (χ2v) is 4.95. The van der Waals surface area contributed by atoms with Gasteiger partial charge in [0.05, 0.1) is 14.2 Å². The maximum absolute atomic E-state index is 12.4. The third kappa shape index (κ3) is 3.47. The number of halogens is 1. The Kier molecular flexibility index (Phi) is 4.70. The number of carbonyl (C=O) groups is 1. The van der Waals surface area contributed by atoms with E-state index >= 15 is 0 Å². The minimum atomic E-state index is -0.101. The normalized spacial score (nSPS) is 10.2. The number of anilines is 1. The number of ketones is 1. The molecular formula is C16H16ClNO3. The molecule has 0 radical (unpaired) electrons. The van der Waals surface area contributed by atoms with Crippen molar-refractivity contribution in [3.05, 3.63) is 52.5 Å². The molecule has 0 aliphatic rings. The molecule has 0 amide bonds. The van der Waals surface area contributed by atoms with Gasteiger partial charge in [-0.2, -0.15) is 0 Å². The van der Waals surface area contributed by atoms with Crippen LogP contribution in [0.3, 0.4) is 0 Å². The highest BCUT2D eigenvalue weighted by molar-refractivity contribution is 6.30. The van der Waals surface area contributed by atoms with Gasteiger partial charge in [-0.15, -0.1) is 0 Å². The first-order chi connectivity index (χ1) is 10.0. The van der Waals surface area contributed by atoms with E-state index < -0.39 is 0 Å². The number of Topliss-reactive ketones (excluding diaryl/α,β-unsaturated/α-hetero) is 1. The zero-order chi connectivity index (χ0) is 15.4. The lowest BCUT2D eigenvalue weighted by atomic mass is 10.0. The van der Waals surface area contributed by atoms with Crippen LogP contribution < -0.4 is 15.2 Å². The van der Waals surface area contributed by atoms with Crippen molar-refractivity contribution in [2.45, 2.75) is 6.42 Å². The smallest absolute Gasteiger partial charge is 0.169 e. The fourth-order valence-electron chi connectivity index (χ4n) is 2.08. The molecule has 0 unspecified atom stereocenters. The van der Waals surface area contributed by atoms with Crippen LogP contribution in [0, 0.1) is 0 Å². The lowest BCUT2D eigenvalue weighted by molar-refractivity contribution is 0.0993. The van der Waals surface area contributed by atoms with Gasteiger partial charge in [0.1, 0.15) is 11.5 Å². The van der Waals surface area contributed by atoms with Crippen LogP contribution in [-0.2, 0) is 6.42 Å². The van der Waals surface area contributed by atoms with Crippen LogP contribution in [0.25, 0.3) is 0 Å². The topological polar surface area (TPSA) is 61.5 Å². The molecule has 0 aromatic heterocycles. The molecule has 0 aliphatic carbocycles. The van der Waals surface area contributed by atoms with E-state index in [2.05, 4.69) is 0 Å². The van der Waals surface area contributed by atoms with Gasteiger partial charge < -0.3 is 15.2 Å². The Balaban J connectivity index is 2.28. The lowest BCUT2D eigenvalue weighted by Crippen LogP contribution is -2.08. The molecule has 2 N–H and O–H groups in total. The molecule has 0 atom stereocenters. The Morgan fingerprint density at radius 2 is 1.90 bits per heavy atom. The fourth-order valence-corrected chi connectivity index (χ4v) is 2.27. The van der Waals surface area contributed by atoms with Crippen molar-refractivity contribution in [3.63, 3.8) is 0 Å². The molecule has 110 valence electrons. The van der Waals surface area contributed by atoms with Gasteiger partial charge >= 0.3 is 0 Å². The number of carbonyl (C=O) groups excluding carboxylic acids is 1. The monoisotopic (exact) mass is 305 g/mol. The molecular weight excluding hydrogens is 290 g/mol. The predicted octanol–water partition coefficient (Wildman–Crippen LogP) is 3.36. The summed E-state index contributed by atoms with van der Waals surface area (Å²) < 4.78 is 10.3. The number of benzene rings is 2. The highest BCUT2D eigenvalue weighted by Gasteiger charge is 2.14. The van der Waals surface area contributed by atoms with Crippen LogP contribution >= 0.6 is 11.6 Å². The maximum Gasteiger partial charge on any atom is 0.169 e. The number of hydrogen-bond acceptors (Lipinski definition) is 4. The first-order valence-corrected chi connectivity index (χ1v) is 6.72. The van der Waals surface area contributed by atoms with Crippen molar-refractivity contribution in [3.8, 4) is 11.5 Å². The Hall–Kier alpha value is -2.20. The molecule has 0 saturated heterocycles. The van der Waals surface area contributed by atoms with Gasteiger partial charge in [0.15, 0.2) is 5.78 Å². The summed E-state index contributed by atoms with van der Waals surface area (Å²) in [5.74, 6) is 1.14. The van der Waals surface area contributed by atoms with Gasteiger partial charge in [-0.25, -0.2) is 0 Å². The van der Waals surface area contributed by atoms with Gasteiger partial charge in [0.25, 0.3) is 0 Å². The summed E-state index contributed by atoms with van der Waals surface area (Å²) >= 11 is 5.97. The molecule has 0 spiro atoms. The Morgan fingerprint density at radius 1 is 1.14 bits per heavy atom. The molecule has 2 aromatic rings.